The van der Waals surface area contributed by atoms with E-state index < -0.39 is 0 Å². The molecule has 0 aliphatic rings. The zero-order valence-corrected chi connectivity index (χ0v) is 12.7. The average molecular weight is 277 g/mol. The molecule has 0 unspecified atom stereocenters. The molecule has 4 heteroatoms. The van der Waals surface area contributed by atoms with Crippen LogP contribution >= 0.6 is 0 Å². The van der Waals surface area contributed by atoms with Crippen molar-refractivity contribution in [3.63, 3.8) is 0 Å². The number of amides is 1. The van der Waals surface area contributed by atoms with Crippen molar-refractivity contribution in [2.45, 2.75) is 26.8 Å². The lowest BCUT2D eigenvalue weighted by Gasteiger charge is -2.26. The van der Waals surface area contributed by atoms with Gasteiger partial charge in [-0.3, -0.25) is 4.79 Å². The highest BCUT2D eigenvalue weighted by Crippen LogP contribution is 2.06. The lowest BCUT2D eigenvalue weighted by molar-refractivity contribution is -0.131. The molecule has 0 spiro atoms. The Morgan fingerprint density at radius 1 is 1.10 bits per heavy atom. The van der Waals surface area contributed by atoms with Gasteiger partial charge >= 0.3 is 0 Å². The smallest absolute Gasteiger partial charge is 0.224 e. The fourth-order valence-corrected chi connectivity index (χ4v) is 2.18. The fourth-order valence-electron chi connectivity index (χ4n) is 2.18. The molecule has 2 N–H and O–H groups in total. The first kappa shape index (κ1) is 16.7. The molecule has 0 heterocycles. The van der Waals surface area contributed by atoms with E-state index >= 15 is 0 Å². The third kappa shape index (κ3) is 5.72. The van der Waals surface area contributed by atoms with Crippen molar-refractivity contribution < 1.29 is 4.79 Å². The Hall–Kier alpha value is -1.39. The summed E-state index contributed by atoms with van der Waals surface area (Å²) >= 11 is 0. The van der Waals surface area contributed by atoms with Crippen LogP contribution in [0.25, 0.3) is 0 Å². The average Bonchev–Trinajstić information content (AvgIpc) is 2.48. The number of hydrogen-bond donors (Lipinski definition) is 1. The van der Waals surface area contributed by atoms with Gasteiger partial charge < -0.3 is 15.5 Å². The number of benzene rings is 1. The summed E-state index contributed by atoms with van der Waals surface area (Å²) in [6.07, 6.45) is 0.422. The van der Waals surface area contributed by atoms with Crippen LogP contribution in [0.2, 0.25) is 0 Å². The first-order valence-electron chi connectivity index (χ1n) is 7.45. The van der Waals surface area contributed by atoms with Crippen LogP contribution in [0.5, 0.6) is 0 Å². The molecule has 0 saturated heterocycles. The number of carbonyl (C=O) groups is 1. The molecule has 4 nitrogen and oxygen atoms in total. The lowest BCUT2D eigenvalue weighted by atomic mass is 10.2. The molecule has 0 atom stereocenters. The fraction of sp³-hybridized carbons (Fsp3) is 0.562. The third-order valence-electron chi connectivity index (χ3n) is 3.51. The van der Waals surface area contributed by atoms with Gasteiger partial charge in [0.1, 0.15) is 0 Å². The van der Waals surface area contributed by atoms with Crippen LogP contribution in [-0.4, -0.2) is 48.4 Å². The van der Waals surface area contributed by atoms with Crippen molar-refractivity contribution in [2.24, 2.45) is 5.73 Å². The van der Waals surface area contributed by atoms with E-state index in [1.807, 2.05) is 23.1 Å². The molecule has 1 amide bonds. The van der Waals surface area contributed by atoms with Crippen LogP contribution in [0.3, 0.4) is 0 Å². The van der Waals surface area contributed by atoms with Gasteiger partial charge in [0.25, 0.3) is 0 Å². The van der Waals surface area contributed by atoms with Crippen molar-refractivity contribution in [1.82, 2.24) is 9.80 Å². The number of hydrogen-bond acceptors (Lipinski definition) is 3. The highest BCUT2D eigenvalue weighted by molar-refractivity contribution is 5.76. The highest BCUT2D eigenvalue weighted by Gasteiger charge is 2.14. The first-order chi connectivity index (χ1) is 9.71. The molecule has 1 aromatic rings. The zero-order chi connectivity index (χ0) is 14.8. The minimum atomic E-state index is 0.142. The normalized spacial score (nSPS) is 10.8. The maximum Gasteiger partial charge on any atom is 0.224 e. The van der Waals surface area contributed by atoms with E-state index in [1.54, 1.807) is 0 Å². The maximum absolute atomic E-state index is 12.2. The molecule has 0 fully saturated rings. The third-order valence-corrected chi connectivity index (χ3v) is 3.51. The first-order valence-corrected chi connectivity index (χ1v) is 7.45. The topological polar surface area (TPSA) is 49.6 Å². The monoisotopic (exact) mass is 277 g/mol. The standard InChI is InChI=1S/C16H27N3O/c1-3-18(4-2)12-13-19(16(20)10-11-17)14-15-8-6-5-7-9-15/h5-9H,3-4,10-14,17H2,1-2H3. The Bertz CT molecular complexity index is 377. The van der Waals surface area contributed by atoms with Gasteiger partial charge in [-0.25, -0.2) is 0 Å². The Balaban J connectivity index is 2.62. The summed E-state index contributed by atoms with van der Waals surface area (Å²) in [5, 5.41) is 0. The molecule has 0 bridgehead atoms. The SMILES string of the molecule is CCN(CC)CCN(Cc1ccccc1)C(=O)CCN. The molecule has 1 aromatic carbocycles. The predicted molar refractivity (Wildman–Crippen MR) is 83.3 cm³/mol. The van der Waals surface area contributed by atoms with Gasteiger partial charge in [0.2, 0.25) is 5.91 Å². The summed E-state index contributed by atoms with van der Waals surface area (Å²) in [6.45, 7) is 9.07. The Labute approximate surface area is 122 Å². The highest BCUT2D eigenvalue weighted by atomic mass is 16.2. The van der Waals surface area contributed by atoms with E-state index in [9.17, 15) is 4.79 Å². The van der Waals surface area contributed by atoms with E-state index in [0.29, 0.717) is 19.5 Å². The number of rotatable bonds is 9. The summed E-state index contributed by atoms with van der Waals surface area (Å²) in [7, 11) is 0. The summed E-state index contributed by atoms with van der Waals surface area (Å²) < 4.78 is 0. The second-order valence-corrected chi connectivity index (χ2v) is 4.87. The predicted octanol–water partition coefficient (Wildman–Crippen LogP) is 1.71. The van der Waals surface area contributed by atoms with E-state index in [1.165, 1.54) is 0 Å². The Kier molecular flexibility index (Phi) is 7.92. The lowest BCUT2D eigenvalue weighted by Crippen LogP contribution is -2.39. The van der Waals surface area contributed by atoms with Crippen LogP contribution in [0, 0.1) is 0 Å². The molecule has 0 aliphatic carbocycles. The second-order valence-electron chi connectivity index (χ2n) is 4.87. The summed E-state index contributed by atoms with van der Waals surface area (Å²) in [5.74, 6) is 0.142. The van der Waals surface area contributed by atoms with E-state index in [0.717, 1.165) is 31.7 Å². The van der Waals surface area contributed by atoms with Crippen LogP contribution < -0.4 is 5.73 Å². The van der Waals surface area contributed by atoms with Gasteiger partial charge in [0.05, 0.1) is 0 Å². The largest absolute Gasteiger partial charge is 0.337 e. The van der Waals surface area contributed by atoms with Gasteiger partial charge in [-0.1, -0.05) is 44.2 Å². The van der Waals surface area contributed by atoms with Gasteiger partial charge in [0, 0.05) is 32.6 Å². The summed E-state index contributed by atoms with van der Waals surface area (Å²) in [5.41, 5.74) is 6.68. The van der Waals surface area contributed by atoms with Crippen molar-refractivity contribution in [1.29, 1.82) is 0 Å². The quantitative estimate of drug-likeness (QED) is 0.747. The van der Waals surface area contributed by atoms with Crippen molar-refractivity contribution in [3.8, 4) is 0 Å². The molecule has 112 valence electrons. The van der Waals surface area contributed by atoms with E-state index in [-0.39, 0.29) is 5.91 Å². The van der Waals surface area contributed by atoms with Crippen LogP contribution in [0.4, 0.5) is 0 Å². The second kappa shape index (κ2) is 9.50. The van der Waals surface area contributed by atoms with Crippen LogP contribution in [0.1, 0.15) is 25.8 Å². The number of nitrogens with zero attached hydrogens (tertiary/aromatic N) is 2. The maximum atomic E-state index is 12.2. The molecular formula is C16H27N3O. The minimum absolute atomic E-state index is 0.142. The molecule has 20 heavy (non-hydrogen) atoms. The van der Waals surface area contributed by atoms with Crippen molar-refractivity contribution >= 4 is 5.91 Å². The Morgan fingerprint density at radius 2 is 1.75 bits per heavy atom. The molecule has 0 radical (unpaired) electrons. The summed E-state index contributed by atoms with van der Waals surface area (Å²) in [4.78, 5) is 16.4. The Morgan fingerprint density at radius 3 is 2.30 bits per heavy atom. The van der Waals surface area contributed by atoms with Gasteiger partial charge in [-0.15, -0.1) is 0 Å². The number of nitrogens with two attached hydrogens (primary N) is 1. The van der Waals surface area contributed by atoms with Gasteiger partial charge in [0.15, 0.2) is 0 Å². The van der Waals surface area contributed by atoms with E-state index in [2.05, 4.69) is 30.9 Å². The molecule has 0 aromatic heterocycles. The zero-order valence-electron chi connectivity index (χ0n) is 12.7. The number of carbonyl (C=O) groups excluding carboxylic acids is 1. The molecule has 1 rings (SSSR count). The van der Waals surface area contributed by atoms with Crippen molar-refractivity contribution in [2.75, 3.05) is 32.7 Å². The number of likely N-dealkylation sites (N-methyl/N-ethyl adjacent to an activating group) is 1. The van der Waals surface area contributed by atoms with Gasteiger partial charge in [-0.05, 0) is 18.7 Å². The van der Waals surface area contributed by atoms with E-state index in [4.69, 9.17) is 5.73 Å². The summed E-state index contributed by atoms with van der Waals surface area (Å²) in [6, 6.07) is 10.1. The van der Waals surface area contributed by atoms with Crippen LogP contribution in [-0.2, 0) is 11.3 Å². The van der Waals surface area contributed by atoms with Crippen molar-refractivity contribution in [3.05, 3.63) is 35.9 Å². The molecular weight excluding hydrogens is 250 g/mol. The van der Waals surface area contributed by atoms with Crippen LogP contribution in [0.15, 0.2) is 30.3 Å². The van der Waals surface area contributed by atoms with Gasteiger partial charge in [-0.2, -0.15) is 0 Å². The minimum Gasteiger partial charge on any atom is -0.337 e. The molecule has 0 aliphatic heterocycles. The molecule has 0 saturated carbocycles.